The van der Waals surface area contributed by atoms with Crippen LogP contribution in [-0.4, -0.2) is 28.7 Å². The summed E-state index contributed by atoms with van der Waals surface area (Å²) in [7, 11) is 3.64. The topological polar surface area (TPSA) is 56.1 Å². The summed E-state index contributed by atoms with van der Waals surface area (Å²) in [4.78, 5) is 16.3. The van der Waals surface area contributed by atoms with Gasteiger partial charge in [-0.1, -0.05) is 12.1 Å². The summed E-state index contributed by atoms with van der Waals surface area (Å²) >= 11 is 0. The zero-order valence-electron chi connectivity index (χ0n) is 14.9. The number of carbonyl (C=O) groups is 1. The normalized spacial score (nSPS) is 18.8. The fourth-order valence-electron chi connectivity index (χ4n) is 3.46. The Hall–Kier alpha value is -2.89. The number of anilines is 1. The van der Waals surface area contributed by atoms with Crippen molar-refractivity contribution in [2.45, 2.75) is 19.5 Å². The molecule has 2 aromatic heterocycles. The van der Waals surface area contributed by atoms with Gasteiger partial charge in [-0.15, -0.1) is 0 Å². The van der Waals surface area contributed by atoms with Crippen LogP contribution in [0.5, 0.6) is 5.75 Å². The summed E-state index contributed by atoms with van der Waals surface area (Å²) in [5.74, 6) is 0.406. The standard InChI is InChI=1S/C20H20FN3O2/c1-11-13-9-18(23-20(25)14-8-15(14)21)22-10-16(13)24(2)19(11)12-6-4-5-7-17(12)26-3/h4-7,9-10,14-15H,8H2,1-3H3,(H,22,23,25)/t14-,15+/m1/s1. The van der Waals surface area contributed by atoms with Crippen molar-refractivity contribution in [2.75, 3.05) is 12.4 Å². The molecular formula is C20H20FN3O2. The van der Waals surface area contributed by atoms with Crippen LogP contribution in [0.25, 0.3) is 22.2 Å². The minimum absolute atomic E-state index is 0.302. The van der Waals surface area contributed by atoms with E-state index >= 15 is 0 Å². The van der Waals surface area contributed by atoms with E-state index in [9.17, 15) is 9.18 Å². The number of methoxy groups -OCH3 is 1. The van der Waals surface area contributed by atoms with E-state index in [-0.39, 0.29) is 5.91 Å². The zero-order valence-corrected chi connectivity index (χ0v) is 14.9. The molecule has 1 fully saturated rings. The number of alkyl halides is 1. The van der Waals surface area contributed by atoms with E-state index in [2.05, 4.69) is 14.9 Å². The van der Waals surface area contributed by atoms with Crippen molar-refractivity contribution in [3.8, 4) is 17.0 Å². The fourth-order valence-corrected chi connectivity index (χ4v) is 3.46. The predicted molar refractivity (Wildman–Crippen MR) is 99.1 cm³/mol. The summed E-state index contributed by atoms with van der Waals surface area (Å²) in [6.07, 6.45) is 1.02. The van der Waals surface area contributed by atoms with Gasteiger partial charge in [0.2, 0.25) is 5.91 Å². The lowest BCUT2D eigenvalue weighted by atomic mass is 10.1. The molecule has 0 unspecified atom stereocenters. The number of pyridine rings is 1. The van der Waals surface area contributed by atoms with Gasteiger partial charge in [-0.05, 0) is 37.1 Å². The summed E-state index contributed by atoms with van der Waals surface area (Å²) in [6.45, 7) is 2.04. The van der Waals surface area contributed by atoms with Crippen molar-refractivity contribution in [2.24, 2.45) is 13.0 Å². The molecule has 4 rings (SSSR count). The molecule has 134 valence electrons. The number of nitrogens with zero attached hydrogens (tertiary/aromatic N) is 2. The van der Waals surface area contributed by atoms with E-state index in [1.165, 1.54) is 0 Å². The van der Waals surface area contributed by atoms with Crippen LogP contribution in [0.4, 0.5) is 10.2 Å². The molecule has 0 saturated heterocycles. The highest BCUT2D eigenvalue weighted by atomic mass is 19.1. The quantitative estimate of drug-likeness (QED) is 0.775. The third-order valence-corrected chi connectivity index (χ3v) is 5.00. The minimum Gasteiger partial charge on any atom is -0.496 e. The summed E-state index contributed by atoms with van der Waals surface area (Å²) < 4.78 is 20.6. The number of aromatic nitrogens is 2. The number of amides is 1. The first-order valence-corrected chi connectivity index (χ1v) is 8.54. The average molecular weight is 353 g/mol. The highest BCUT2D eigenvalue weighted by molar-refractivity contribution is 5.98. The molecule has 1 aliphatic rings. The predicted octanol–water partition coefficient (Wildman–Crippen LogP) is 3.85. The Bertz CT molecular complexity index is 1010. The molecule has 1 N–H and O–H groups in total. The number of ether oxygens (including phenoxy) is 1. The van der Waals surface area contributed by atoms with Crippen molar-refractivity contribution in [3.05, 3.63) is 42.1 Å². The minimum atomic E-state index is -1.02. The van der Waals surface area contributed by atoms with E-state index in [4.69, 9.17) is 4.74 Å². The molecule has 3 aromatic rings. The maximum Gasteiger partial charge on any atom is 0.231 e. The molecule has 2 heterocycles. The molecule has 1 saturated carbocycles. The Morgan fingerprint density at radius 1 is 1.38 bits per heavy atom. The number of fused-ring (bicyclic) bond motifs is 1. The van der Waals surface area contributed by atoms with E-state index in [1.54, 1.807) is 13.3 Å². The van der Waals surface area contributed by atoms with Crippen LogP contribution in [0.3, 0.4) is 0 Å². The second-order valence-corrected chi connectivity index (χ2v) is 6.67. The smallest absolute Gasteiger partial charge is 0.231 e. The Balaban J connectivity index is 1.77. The number of aryl methyl sites for hydroxylation is 2. The second-order valence-electron chi connectivity index (χ2n) is 6.67. The lowest BCUT2D eigenvalue weighted by molar-refractivity contribution is -0.117. The van der Waals surface area contributed by atoms with Crippen molar-refractivity contribution in [1.82, 2.24) is 9.55 Å². The van der Waals surface area contributed by atoms with E-state index in [1.807, 2.05) is 44.3 Å². The number of hydrogen-bond acceptors (Lipinski definition) is 3. The number of carbonyl (C=O) groups excluding carboxylic acids is 1. The van der Waals surface area contributed by atoms with Crippen molar-refractivity contribution < 1.29 is 13.9 Å². The van der Waals surface area contributed by atoms with Crippen molar-refractivity contribution in [1.29, 1.82) is 0 Å². The van der Waals surface area contributed by atoms with Gasteiger partial charge in [0.1, 0.15) is 17.7 Å². The molecule has 0 bridgehead atoms. The monoisotopic (exact) mass is 353 g/mol. The lowest BCUT2D eigenvalue weighted by Gasteiger charge is -2.10. The highest BCUT2D eigenvalue weighted by Gasteiger charge is 2.43. The Morgan fingerprint density at radius 3 is 2.81 bits per heavy atom. The van der Waals surface area contributed by atoms with Gasteiger partial charge in [0.05, 0.1) is 30.4 Å². The molecule has 0 spiro atoms. The maximum absolute atomic E-state index is 13.1. The van der Waals surface area contributed by atoms with Crippen molar-refractivity contribution in [3.63, 3.8) is 0 Å². The molecule has 0 radical (unpaired) electrons. The van der Waals surface area contributed by atoms with Crippen LogP contribution in [0, 0.1) is 12.8 Å². The van der Waals surface area contributed by atoms with Gasteiger partial charge in [-0.25, -0.2) is 9.37 Å². The van der Waals surface area contributed by atoms with E-state index in [0.717, 1.165) is 33.5 Å². The number of hydrogen-bond donors (Lipinski definition) is 1. The Kier molecular flexibility index (Phi) is 3.90. The molecule has 0 aliphatic heterocycles. The number of nitrogens with one attached hydrogen (secondary N) is 1. The molecule has 2 atom stereocenters. The Morgan fingerprint density at radius 2 is 2.12 bits per heavy atom. The number of halogens is 1. The Labute approximate surface area is 150 Å². The third kappa shape index (κ3) is 2.62. The van der Waals surface area contributed by atoms with Crippen LogP contribution in [0.2, 0.25) is 0 Å². The summed E-state index contributed by atoms with van der Waals surface area (Å²) in [5.41, 5.74) is 4.06. The third-order valence-electron chi connectivity index (χ3n) is 5.00. The molecule has 1 aliphatic carbocycles. The van der Waals surface area contributed by atoms with Gasteiger partial charge in [0.25, 0.3) is 0 Å². The van der Waals surface area contributed by atoms with Crippen LogP contribution < -0.4 is 10.1 Å². The van der Waals surface area contributed by atoms with E-state index < -0.39 is 12.1 Å². The molecule has 6 heteroatoms. The van der Waals surface area contributed by atoms with Crippen LogP contribution >= 0.6 is 0 Å². The molecule has 1 amide bonds. The second kappa shape index (κ2) is 6.12. The summed E-state index contributed by atoms with van der Waals surface area (Å²) in [5, 5.41) is 3.71. The van der Waals surface area contributed by atoms with Gasteiger partial charge in [0, 0.05) is 18.0 Å². The van der Waals surface area contributed by atoms with Crippen LogP contribution in [0.15, 0.2) is 36.5 Å². The zero-order chi connectivity index (χ0) is 18.4. The van der Waals surface area contributed by atoms with Crippen molar-refractivity contribution >= 4 is 22.6 Å². The number of benzene rings is 1. The molecule has 5 nitrogen and oxygen atoms in total. The highest BCUT2D eigenvalue weighted by Crippen LogP contribution is 2.38. The van der Waals surface area contributed by atoms with Gasteiger partial charge in [0.15, 0.2) is 0 Å². The largest absolute Gasteiger partial charge is 0.496 e. The first kappa shape index (κ1) is 16.6. The number of rotatable bonds is 4. The lowest BCUT2D eigenvalue weighted by Crippen LogP contribution is -2.15. The molecular weight excluding hydrogens is 333 g/mol. The van der Waals surface area contributed by atoms with Crippen LogP contribution in [0.1, 0.15) is 12.0 Å². The maximum atomic E-state index is 13.1. The fraction of sp³-hybridized carbons (Fsp3) is 0.300. The SMILES string of the molecule is COc1ccccc1-c1c(C)c2cc(NC(=O)[C@@H]3C[C@@H]3F)ncc2n1C. The number of para-hydroxylation sites is 1. The van der Waals surface area contributed by atoms with Crippen LogP contribution in [-0.2, 0) is 11.8 Å². The van der Waals surface area contributed by atoms with E-state index in [0.29, 0.717) is 12.2 Å². The van der Waals surface area contributed by atoms with Gasteiger partial charge < -0.3 is 14.6 Å². The molecule has 26 heavy (non-hydrogen) atoms. The average Bonchev–Trinajstić information content (AvgIpc) is 3.33. The van der Waals surface area contributed by atoms with Gasteiger partial charge in [-0.2, -0.15) is 0 Å². The first-order chi connectivity index (χ1) is 12.5. The van der Waals surface area contributed by atoms with Gasteiger partial charge in [-0.3, -0.25) is 4.79 Å². The first-order valence-electron chi connectivity index (χ1n) is 8.54. The summed E-state index contributed by atoms with van der Waals surface area (Å²) in [6, 6.07) is 9.70. The molecule has 1 aromatic carbocycles. The van der Waals surface area contributed by atoms with Gasteiger partial charge >= 0.3 is 0 Å².